The lowest BCUT2D eigenvalue weighted by Gasteiger charge is -2.20. The molecule has 1 aliphatic rings. The molecule has 0 radical (unpaired) electrons. The zero-order chi connectivity index (χ0) is 21.4. The number of H-pyrrole nitrogens is 1. The molecule has 1 atom stereocenters. The molecule has 2 heterocycles. The summed E-state index contributed by atoms with van der Waals surface area (Å²) in [4.78, 5) is 21.5. The Kier molecular flexibility index (Phi) is 5.03. The minimum atomic E-state index is -0.319. The zero-order valence-corrected chi connectivity index (χ0v) is 18.3. The smallest absolute Gasteiger partial charge is 0.274 e. The van der Waals surface area contributed by atoms with E-state index >= 15 is 0 Å². The number of rotatable bonds is 4. The number of halogens is 1. The summed E-state index contributed by atoms with van der Waals surface area (Å²) in [6.07, 6.45) is 0.564. The van der Waals surface area contributed by atoms with E-state index < -0.39 is 0 Å². The van der Waals surface area contributed by atoms with Crippen molar-refractivity contribution < 1.29 is 9.53 Å². The highest BCUT2D eigenvalue weighted by Gasteiger charge is 2.35. The molecule has 1 N–H and O–H groups in total. The number of imidazole rings is 1. The van der Waals surface area contributed by atoms with E-state index in [2.05, 4.69) is 20.9 Å². The third-order valence-electron chi connectivity index (χ3n) is 5.36. The zero-order valence-electron chi connectivity index (χ0n) is 16.7. The van der Waals surface area contributed by atoms with E-state index in [1.54, 1.807) is 24.3 Å². The molecule has 7 heteroatoms. The number of methoxy groups -OCH3 is 1. The number of aromatic nitrogens is 2. The minimum absolute atomic E-state index is 0.165. The molecule has 0 spiro atoms. The maximum Gasteiger partial charge on any atom is 0.274 e. The van der Waals surface area contributed by atoms with Gasteiger partial charge in [-0.15, -0.1) is 0 Å². The summed E-state index contributed by atoms with van der Waals surface area (Å²) in [5.74, 6) is 1.33. The first-order valence-electron chi connectivity index (χ1n) is 9.88. The lowest BCUT2D eigenvalue weighted by Crippen LogP contribution is -2.27. The number of nitrogens with zero attached hydrogens (tertiary/aromatic N) is 3. The van der Waals surface area contributed by atoms with Crippen LogP contribution in [0.1, 0.15) is 34.2 Å². The molecule has 0 bridgehead atoms. The first kappa shape index (κ1) is 19.5. The Bertz CT molecular complexity index is 1250. The average molecular weight is 475 g/mol. The summed E-state index contributed by atoms with van der Waals surface area (Å²) < 4.78 is 6.18. The van der Waals surface area contributed by atoms with Crippen LogP contribution in [-0.4, -0.2) is 33.7 Å². The number of hydrogen-bond acceptors (Lipinski definition) is 4. The van der Waals surface area contributed by atoms with Crippen LogP contribution < -0.4 is 4.74 Å². The van der Waals surface area contributed by atoms with Gasteiger partial charge in [-0.25, -0.2) is 9.99 Å². The Balaban J connectivity index is 1.54. The number of nitrogens with one attached hydrogen (secondary N) is 1. The van der Waals surface area contributed by atoms with Gasteiger partial charge in [0.25, 0.3) is 5.91 Å². The van der Waals surface area contributed by atoms with Gasteiger partial charge < -0.3 is 9.72 Å². The van der Waals surface area contributed by atoms with Crippen molar-refractivity contribution in [2.45, 2.75) is 12.5 Å². The minimum Gasteiger partial charge on any atom is -0.497 e. The van der Waals surface area contributed by atoms with Crippen molar-refractivity contribution in [3.8, 4) is 5.75 Å². The summed E-state index contributed by atoms with van der Waals surface area (Å²) in [5, 5.41) is 6.27. The quantitative estimate of drug-likeness (QED) is 0.434. The van der Waals surface area contributed by atoms with Crippen LogP contribution >= 0.6 is 15.9 Å². The fourth-order valence-electron chi connectivity index (χ4n) is 3.72. The van der Waals surface area contributed by atoms with Crippen LogP contribution in [0, 0.1) is 0 Å². The Morgan fingerprint density at radius 2 is 1.81 bits per heavy atom. The number of para-hydroxylation sites is 2. The number of carbonyl (C=O) groups is 1. The molecule has 0 fully saturated rings. The molecule has 4 aromatic rings. The molecule has 6 nitrogen and oxygen atoms in total. The Labute approximate surface area is 187 Å². The molecule has 1 aliphatic heterocycles. The third kappa shape index (κ3) is 3.72. The first-order valence-corrected chi connectivity index (χ1v) is 10.7. The summed E-state index contributed by atoms with van der Waals surface area (Å²) >= 11 is 3.42. The molecule has 3 aromatic carbocycles. The predicted octanol–water partition coefficient (Wildman–Crippen LogP) is 5.33. The second-order valence-corrected chi connectivity index (χ2v) is 8.21. The van der Waals surface area contributed by atoms with E-state index in [1.165, 1.54) is 0 Å². The van der Waals surface area contributed by atoms with E-state index in [0.29, 0.717) is 12.0 Å². The van der Waals surface area contributed by atoms with Crippen LogP contribution in [0.2, 0.25) is 0 Å². The number of amides is 1. The van der Waals surface area contributed by atoms with E-state index in [9.17, 15) is 4.79 Å². The van der Waals surface area contributed by atoms with Gasteiger partial charge in [0.2, 0.25) is 0 Å². The van der Waals surface area contributed by atoms with Crippen LogP contribution in [-0.2, 0) is 0 Å². The second-order valence-electron chi connectivity index (χ2n) is 7.29. The fraction of sp³-hybridized carbons (Fsp3) is 0.125. The highest BCUT2D eigenvalue weighted by atomic mass is 79.9. The lowest BCUT2D eigenvalue weighted by atomic mass is 10.0. The van der Waals surface area contributed by atoms with Gasteiger partial charge in [0.15, 0.2) is 0 Å². The van der Waals surface area contributed by atoms with E-state index in [-0.39, 0.29) is 11.9 Å². The monoisotopic (exact) mass is 474 g/mol. The molecule has 0 aliphatic carbocycles. The summed E-state index contributed by atoms with van der Waals surface area (Å²) in [5.41, 5.74) is 4.16. The SMILES string of the molecule is COc1ccc(C2=NN(C(=O)c3ccc(Br)cc3)[C@@H](c3nc4ccccc4[nH]3)C2)cc1. The molecular weight excluding hydrogens is 456 g/mol. The molecule has 154 valence electrons. The highest BCUT2D eigenvalue weighted by molar-refractivity contribution is 9.10. The van der Waals surface area contributed by atoms with E-state index in [0.717, 1.165) is 38.4 Å². The summed E-state index contributed by atoms with van der Waals surface area (Å²) in [7, 11) is 1.64. The van der Waals surface area contributed by atoms with Gasteiger partial charge in [-0.3, -0.25) is 4.79 Å². The number of hydrogen-bond donors (Lipinski definition) is 1. The maximum absolute atomic E-state index is 13.4. The van der Waals surface area contributed by atoms with Crippen LogP contribution in [0.15, 0.2) is 82.4 Å². The molecule has 31 heavy (non-hydrogen) atoms. The van der Waals surface area contributed by atoms with E-state index in [4.69, 9.17) is 14.8 Å². The third-order valence-corrected chi connectivity index (χ3v) is 5.88. The number of fused-ring (bicyclic) bond motifs is 1. The van der Waals surface area contributed by atoms with Gasteiger partial charge in [-0.05, 0) is 66.2 Å². The van der Waals surface area contributed by atoms with Gasteiger partial charge in [0.1, 0.15) is 17.6 Å². The van der Waals surface area contributed by atoms with Crippen molar-refractivity contribution in [1.29, 1.82) is 0 Å². The molecule has 0 saturated heterocycles. The topological polar surface area (TPSA) is 70.6 Å². The standard InChI is InChI=1S/C24H19BrN4O2/c1-31-18-12-8-15(9-13-18)21-14-22(23-26-19-4-2-3-5-20(19)27-23)29(28-21)24(30)16-6-10-17(25)11-7-16/h2-13,22H,14H2,1H3,(H,26,27)/t22-/m1/s1. The van der Waals surface area contributed by atoms with E-state index in [1.807, 2.05) is 60.7 Å². The molecule has 5 rings (SSSR count). The van der Waals surface area contributed by atoms with Crippen molar-refractivity contribution in [3.63, 3.8) is 0 Å². The summed E-state index contributed by atoms with van der Waals surface area (Å²) in [6.45, 7) is 0. The maximum atomic E-state index is 13.4. The molecular formula is C24H19BrN4O2. The Hall–Kier alpha value is -3.45. The second kappa shape index (κ2) is 8.00. The van der Waals surface area contributed by atoms with Gasteiger partial charge >= 0.3 is 0 Å². The van der Waals surface area contributed by atoms with Crippen LogP contribution in [0.4, 0.5) is 0 Å². The number of hydrazone groups is 1. The van der Waals surface area contributed by atoms with Crippen LogP contribution in [0.5, 0.6) is 5.75 Å². The average Bonchev–Trinajstić information content (AvgIpc) is 3.43. The Morgan fingerprint density at radius 1 is 1.06 bits per heavy atom. The Morgan fingerprint density at radius 3 is 2.52 bits per heavy atom. The molecule has 0 saturated carbocycles. The lowest BCUT2D eigenvalue weighted by molar-refractivity contribution is 0.0705. The van der Waals surface area contributed by atoms with Crippen molar-refractivity contribution >= 4 is 38.6 Å². The highest BCUT2D eigenvalue weighted by Crippen LogP contribution is 2.34. The van der Waals surface area contributed by atoms with Gasteiger partial charge in [0, 0.05) is 16.5 Å². The number of aromatic amines is 1. The van der Waals surface area contributed by atoms with Crippen LogP contribution in [0.25, 0.3) is 11.0 Å². The fourth-order valence-corrected chi connectivity index (χ4v) is 3.99. The molecule has 0 unspecified atom stereocenters. The van der Waals surface area contributed by atoms with Crippen LogP contribution in [0.3, 0.4) is 0 Å². The largest absolute Gasteiger partial charge is 0.497 e. The normalized spacial score (nSPS) is 15.9. The predicted molar refractivity (Wildman–Crippen MR) is 123 cm³/mol. The van der Waals surface area contributed by atoms with Gasteiger partial charge in [-0.1, -0.05) is 28.1 Å². The number of ether oxygens (including phenoxy) is 1. The molecule has 1 aromatic heterocycles. The number of benzene rings is 3. The van der Waals surface area contributed by atoms with Gasteiger partial charge in [-0.2, -0.15) is 5.10 Å². The van der Waals surface area contributed by atoms with Crippen molar-refractivity contribution in [2.24, 2.45) is 5.10 Å². The van der Waals surface area contributed by atoms with Crippen molar-refractivity contribution in [1.82, 2.24) is 15.0 Å². The first-order chi connectivity index (χ1) is 15.1. The summed E-state index contributed by atoms with van der Waals surface area (Å²) in [6, 6.07) is 22.5. The van der Waals surface area contributed by atoms with Crippen molar-refractivity contribution in [3.05, 3.63) is 94.2 Å². The molecule has 1 amide bonds. The number of carbonyl (C=O) groups excluding carboxylic acids is 1. The van der Waals surface area contributed by atoms with Gasteiger partial charge in [0.05, 0.1) is 23.9 Å². The van der Waals surface area contributed by atoms with Crippen molar-refractivity contribution in [2.75, 3.05) is 7.11 Å².